The average Bonchev–Trinajstić information content (AvgIpc) is 2.72. The molecule has 0 aliphatic carbocycles. The van der Waals surface area contributed by atoms with E-state index in [1.54, 1.807) is 0 Å². The number of quaternary nitrogens is 1. The summed E-state index contributed by atoms with van der Waals surface area (Å²) in [5, 5.41) is 11.1. The summed E-state index contributed by atoms with van der Waals surface area (Å²) in [5.74, 6) is 0.921. The van der Waals surface area contributed by atoms with Crippen molar-refractivity contribution in [3.05, 3.63) is 65.7 Å². The molecule has 4 nitrogen and oxygen atoms in total. The van der Waals surface area contributed by atoms with Crippen molar-refractivity contribution in [3.63, 3.8) is 0 Å². The van der Waals surface area contributed by atoms with Gasteiger partial charge in [0.15, 0.2) is 0 Å². The van der Waals surface area contributed by atoms with Gasteiger partial charge in [-0.15, -0.1) is 0 Å². The Balaban J connectivity index is 1.76. The third kappa shape index (κ3) is 5.07. The molecule has 140 valence electrons. The summed E-state index contributed by atoms with van der Waals surface area (Å²) in [6, 6.07) is 18.2. The van der Waals surface area contributed by atoms with Crippen molar-refractivity contribution in [2.75, 3.05) is 39.5 Å². The fourth-order valence-corrected chi connectivity index (χ4v) is 3.50. The first-order valence-electron chi connectivity index (χ1n) is 9.65. The third-order valence-corrected chi connectivity index (χ3v) is 5.01. The van der Waals surface area contributed by atoms with Crippen LogP contribution in [0.4, 0.5) is 0 Å². The highest BCUT2D eigenvalue weighted by Gasteiger charge is 2.28. The van der Waals surface area contributed by atoms with Gasteiger partial charge in [0.25, 0.3) is 0 Å². The molecule has 2 N–H and O–H groups in total. The summed E-state index contributed by atoms with van der Waals surface area (Å²) in [4.78, 5) is 1.49. The maximum atomic E-state index is 11.1. The fourth-order valence-electron chi connectivity index (χ4n) is 3.50. The maximum absolute atomic E-state index is 11.1. The van der Waals surface area contributed by atoms with Crippen LogP contribution in [0, 0.1) is 0 Å². The lowest BCUT2D eigenvalue weighted by atomic mass is 9.88. The molecule has 0 aromatic heterocycles. The van der Waals surface area contributed by atoms with E-state index in [9.17, 15) is 5.11 Å². The van der Waals surface area contributed by atoms with Gasteiger partial charge in [-0.1, -0.05) is 49.4 Å². The van der Waals surface area contributed by atoms with E-state index < -0.39 is 6.10 Å². The quantitative estimate of drug-likeness (QED) is 0.762. The van der Waals surface area contributed by atoms with Crippen LogP contribution in [0.2, 0.25) is 0 Å². The molecule has 0 bridgehead atoms. The van der Waals surface area contributed by atoms with E-state index >= 15 is 0 Å². The molecule has 3 rings (SSSR count). The zero-order valence-corrected chi connectivity index (χ0v) is 15.6. The molecule has 2 aromatic carbocycles. The summed E-state index contributed by atoms with van der Waals surface area (Å²) in [7, 11) is 0. The van der Waals surface area contributed by atoms with E-state index in [-0.39, 0.29) is 5.92 Å². The molecule has 0 spiro atoms. The number of aliphatic hydroxyl groups excluding tert-OH is 1. The molecule has 1 fully saturated rings. The Bertz CT molecular complexity index is 638. The summed E-state index contributed by atoms with van der Waals surface area (Å²) >= 11 is 0. The minimum absolute atomic E-state index is 0.0618. The van der Waals surface area contributed by atoms with Crippen LogP contribution >= 0.6 is 0 Å². The van der Waals surface area contributed by atoms with Gasteiger partial charge in [0, 0.05) is 0 Å². The van der Waals surface area contributed by atoms with Gasteiger partial charge < -0.3 is 19.5 Å². The third-order valence-electron chi connectivity index (χ3n) is 5.01. The normalized spacial score (nSPS) is 17.6. The highest BCUT2D eigenvalue weighted by molar-refractivity contribution is 5.31. The predicted octanol–water partition coefficient (Wildman–Crippen LogP) is 2.21. The second kappa shape index (κ2) is 9.72. The van der Waals surface area contributed by atoms with Gasteiger partial charge in [-0.05, 0) is 29.7 Å². The number of hydrogen-bond donors (Lipinski definition) is 2. The molecular formula is C22H30NO3+. The van der Waals surface area contributed by atoms with Crippen molar-refractivity contribution in [2.24, 2.45) is 0 Å². The van der Waals surface area contributed by atoms with Crippen molar-refractivity contribution in [2.45, 2.75) is 25.4 Å². The Kier molecular flexibility index (Phi) is 7.06. The Morgan fingerprint density at radius 1 is 1.00 bits per heavy atom. The van der Waals surface area contributed by atoms with Gasteiger partial charge in [0.05, 0.1) is 38.4 Å². The first kappa shape index (κ1) is 18.9. The van der Waals surface area contributed by atoms with Crippen LogP contribution in [0.15, 0.2) is 54.6 Å². The van der Waals surface area contributed by atoms with E-state index in [2.05, 4.69) is 19.1 Å². The number of rotatable bonds is 8. The van der Waals surface area contributed by atoms with E-state index in [1.807, 2.05) is 42.5 Å². The van der Waals surface area contributed by atoms with Crippen molar-refractivity contribution in [1.29, 1.82) is 0 Å². The number of morpholine rings is 1. The van der Waals surface area contributed by atoms with Crippen LogP contribution in [-0.4, -0.2) is 44.6 Å². The highest BCUT2D eigenvalue weighted by atomic mass is 16.5. The van der Waals surface area contributed by atoms with E-state index in [1.165, 1.54) is 10.5 Å². The zero-order chi connectivity index (χ0) is 18.2. The summed E-state index contributed by atoms with van der Waals surface area (Å²) in [6.45, 7) is 7.32. The van der Waals surface area contributed by atoms with Gasteiger partial charge >= 0.3 is 0 Å². The molecule has 4 heteroatoms. The molecule has 0 radical (unpaired) electrons. The first-order chi connectivity index (χ1) is 12.8. The molecule has 1 heterocycles. The van der Waals surface area contributed by atoms with Crippen LogP contribution in [0.25, 0.3) is 0 Å². The van der Waals surface area contributed by atoms with E-state index in [0.29, 0.717) is 0 Å². The van der Waals surface area contributed by atoms with Crippen LogP contribution in [0.5, 0.6) is 5.75 Å². The molecule has 1 saturated heterocycles. The van der Waals surface area contributed by atoms with Crippen molar-refractivity contribution < 1.29 is 19.5 Å². The number of aliphatic hydroxyl groups is 1. The Labute approximate surface area is 156 Å². The molecular weight excluding hydrogens is 326 g/mol. The number of benzene rings is 2. The lowest BCUT2D eigenvalue weighted by Crippen LogP contribution is -3.14. The van der Waals surface area contributed by atoms with Gasteiger partial charge in [-0.2, -0.15) is 0 Å². The van der Waals surface area contributed by atoms with Crippen LogP contribution < -0.4 is 9.64 Å². The summed E-state index contributed by atoms with van der Waals surface area (Å²) in [6.07, 6.45) is 0.455. The zero-order valence-electron chi connectivity index (χ0n) is 15.6. The number of hydrogen-bond acceptors (Lipinski definition) is 3. The van der Waals surface area contributed by atoms with Crippen LogP contribution in [0.3, 0.4) is 0 Å². The molecule has 2 aromatic rings. The van der Waals surface area contributed by atoms with Crippen molar-refractivity contribution in [1.82, 2.24) is 0 Å². The van der Waals surface area contributed by atoms with Gasteiger partial charge in [0.1, 0.15) is 18.8 Å². The second-order valence-electron chi connectivity index (χ2n) is 6.95. The fraction of sp³-hybridized carbons (Fsp3) is 0.455. The SMILES string of the molecule is CCCOc1ccc([C@H](O)[C@@H](C[NH+]2CCOCC2)c2ccccc2)cc1. The molecule has 1 aliphatic heterocycles. The van der Waals surface area contributed by atoms with Crippen LogP contribution in [0.1, 0.15) is 36.5 Å². The van der Waals surface area contributed by atoms with Gasteiger partial charge in [-0.25, -0.2) is 0 Å². The number of nitrogens with one attached hydrogen (secondary N) is 1. The highest BCUT2D eigenvalue weighted by Crippen LogP contribution is 2.31. The Hall–Kier alpha value is -1.88. The first-order valence-corrected chi connectivity index (χ1v) is 9.65. The largest absolute Gasteiger partial charge is 0.494 e. The topological polar surface area (TPSA) is 43.1 Å². The average molecular weight is 356 g/mol. The van der Waals surface area contributed by atoms with Crippen molar-refractivity contribution >= 4 is 0 Å². The molecule has 0 saturated carbocycles. The van der Waals surface area contributed by atoms with E-state index in [0.717, 1.165) is 57.2 Å². The smallest absolute Gasteiger partial charge is 0.119 e. The maximum Gasteiger partial charge on any atom is 0.119 e. The Morgan fingerprint density at radius 3 is 2.35 bits per heavy atom. The molecule has 1 aliphatic rings. The predicted molar refractivity (Wildman–Crippen MR) is 103 cm³/mol. The monoisotopic (exact) mass is 356 g/mol. The van der Waals surface area contributed by atoms with Gasteiger partial charge in [0.2, 0.25) is 0 Å². The van der Waals surface area contributed by atoms with Crippen molar-refractivity contribution in [3.8, 4) is 5.75 Å². The minimum atomic E-state index is -0.534. The lowest BCUT2D eigenvalue weighted by Gasteiger charge is -2.30. The molecule has 2 atom stereocenters. The number of ether oxygens (including phenoxy) is 2. The standard InChI is InChI=1S/C22H29NO3/c1-2-14-26-20-10-8-19(9-11-20)22(24)21(18-6-4-3-5-7-18)17-23-12-15-25-16-13-23/h3-11,21-22,24H,2,12-17H2,1H3/p+1/t21-,22-/m0/s1. The lowest BCUT2D eigenvalue weighted by molar-refractivity contribution is -0.909. The van der Waals surface area contributed by atoms with Gasteiger partial charge in [-0.3, -0.25) is 0 Å². The van der Waals surface area contributed by atoms with Crippen LogP contribution in [-0.2, 0) is 4.74 Å². The second-order valence-corrected chi connectivity index (χ2v) is 6.95. The summed E-state index contributed by atoms with van der Waals surface area (Å²) < 4.78 is 11.1. The van der Waals surface area contributed by atoms with E-state index in [4.69, 9.17) is 9.47 Å². The molecule has 0 amide bonds. The summed E-state index contributed by atoms with van der Waals surface area (Å²) in [5.41, 5.74) is 2.13. The minimum Gasteiger partial charge on any atom is -0.494 e. The molecule has 0 unspecified atom stereocenters. The molecule has 26 heavy (non-hydrogen) atoms. The Morgan fingerprint density at radius 2 is 1.69 bits per heavy atom.